The maximum atomic E-state index is 12.7. The lowest BCUT2D eigenvalue weighted by molar-refractivity contribution is -0.140. The number of carbonyl (C=O) groups excluding carboxylic acids is 3. The summed E-state index contributed by atoms with van der Waals surface area (Å²) in [6.07, 6.45) is 5.72. The molecule has 4 aliphatic rings. The number of fused-ring (bicyclic) bond motifs is 5. The second-order valence-corrected chi connectivity index (χ2v) is 8.37. The van der Waals surface area contributed by atoms with Crippen molar-refractivity contribution < 1.29 is 14.4 Å². The second-order valence-electron chi connectivity index (χ2n) is 8.37. The number of hydrogen-bond donors (Lipinski definition) is 1. The molecular formula is C21H24N2O3. The fraction of sp³-hybridized carbons (Fsp3) is 0.571. The summed E-state index contributed by atoms with van der Waals surface area (Å²) in [5, 5.41) is 2.98. The third kappa shape index (κ3) is 2.48. The van der Waals surface area contributed by atoms with E-state index in [0.717, 1.165) is 24.9 Å². The highest BCUT2D eigenvalue weighted by atomic mass is 16.2. The number of carbonyl (C=O) groups is 3. The Kier molecular flexibility index (Phi) is 3.66. The summed E-state index contributed by atoms with van der Waals surface area (Å²) < 4.78 is 0. The van der Waals surface area contributed by atoms with Crippen LogP contribution in [0.1, 0.15) is 50.0 Å². The molecule has 5 heteroatoms. The summed E-state index contributed by atoms with van der Waals surface area (Å²) in [7, 11) is 0. The molecule has 136 valence electrons. The lowest BCUT2D eigenvalue weighted by atomic mass is 9.81. The third-order valence-corrected chi connectivity index (χ3v) is 6.83. The van der Waals surface area contributed by atoms with Gasteiger partial charge >= 0.3 is 0 Å². The number of para-hydroxylation sites is 1. The Morgan fingerprint density at radius 1 is 1.00 bits per heavy atom. The number of likely N-dealkylation sites (tertiary alicyclic amines) is 1. The molecule has 0 spiro atoms. The number of hydrogen-bond acceptors (Lipinski definition) is 3. The van der Waals surface area contributed by atoms with E-state index in [9.17, 15) is 14.4 Å². The molecule has 1 heterocycles. The molecule has 1 aromatic carbocycles. The zero-order chi connectivity index (χ0) is 17.8. The molecule has 5 nitrogen and oxygen atoms in total. The van der Waals surface area contributed by atoms with Gasteiger partial charge in [0.2, 0.25) is 17.7 Å². The van der Waals surface area contributed by atoms with E-state index in [-0.39, 0.29) is 42.5 Å². The van der Waals surface area contributed by atoms with E-state index in [0.29, 0.717) is 17.8 Å². The fourth-order valence-electron chi connectivity index (χ4n) is 5.48. The van der Waals surface area contributed by atoms with E-state index in [1.165, 1.54) is 23.3 Å². The monoisotopic (exact) mass is 352 g/mol. The number of imide groups is 1. The first-order valence-electron chi connectivity index (χ1n) is 9.87. The van der Waals surface area contributed by atoms with Gasteiger partial charge in [-0.15, -0.1) is 0 Å². The van der Waals surface area contributed by atoms with Crippen LogP contribution in [0.25, 0.3) is 0 Å². The van der Waals surface area contributed by atoms with E-state index >= 15 is 0 Å². The van der Waals surface area contributed by atoms with Crippen molar-refractivity contribution in [3.05, 3.63) is 29.8 Å². The molecule has 4 atom stereocenters. The van der Waals surface area contributed by atoms with Crippen LogP contribution in [-0.4, -0.2) is 29.2 Å². The maximum Gasteiger partial charge on any atom is 0.233 e. The molecule has 1 aliphatic heterocycles. The number of anilines is 1. The molecule has 3 saturated carbocycles. The van der Waals surface area contributed by atoms with Crippen LogP contribution in [0.5, 0.6) is 0 Å². The highest BCUT2D eigenvalue weighted by Crippen LogP contribution is 2.56. The van der Waals surface area contributed by atoms with Crippen LogP contribution < -0.4 is 5.32 Å². The Labute approximate surface area is 153 Å². The average molecular weight is 352 g/mol. The van der Waals surface area contributed by atoms with Crippen molar-refractivity contribution in [3.63, 3.8) is 0 Å². The van der Waals surface area contributed by atoms with Crippen LogP contribution >= 0.6 is 0 Å². The van der Waals surface area contributed by atoms with E-state index in [2.05, 4.69) is 11.4 Å². The summed E-state index contributed by atoms with van der Waals surface area (Å²) in [5.41, 5.74) is 2.06. The summed E-state index contributed by atoms with van der Waals surface area (Å²) in [5.74, 6) is 0.967. The number of amides is 3. The van der Waals surface area contributed by atoms with Crippen molar-refractivity contribution in [3.8, 4) is 0 Å². The normalized spacial score (nSPS) is 32.2. The van der Waals surface area contributed by atoms with E-state index in [1.807, 2.05) is 18.2 Å². The largest absolute Gasteiger partial charge is 0.326 e. The SMILES string of the molecule is O=C(CCN1C(=O)[C@@H]2[C@H]3CC[C@@H](C3)[C@H]2C1=O)Nc1ccccc1C1CC1. The van der Waals surface area contributed by atoms with Crippen LogP contribution in [0.3, 0.4) is 0 Å². The maximum absolute atomic E-state index is 12.7. The molecule has 0 unspecified atom stereocenters. The predicted octanol–water partition coefficient (Wildman–Crippen LogP) is 2.92. The van der Waals surface area contributed by atoms with Crippen molar-refractivity contribution in [2.24, 2.45) is 23.7 Å². The summed E-state index contributed by atoms with van der Waals surface area (Å²) in [6, 6.07) is 7.92. The minimum absolute atomic E-state index is 0.0293. The molecule has 3 aliphatic carbocycles. The minimum Gasteiger partial charge on any atom is -0.326 e. The molecule has 0 radical (unpaired) electrons. The van der Waals surface area contributed by atoms with E-state index < -0.39 is 0 Å². The van der Waals surface area contributed by atoms with Gasteiger partial charge < -0.3 is 5.32 Å². The van der Waals surface area contributed by atoms with Crippen LogP contribution in [0.2, 0.25) is 0 Å². The number of nitrogens with zero attached hydrogens (tertiary/aromatic N) is 1. The van der Waals surface area contributed by atoms with Gasteiger partial charge in [-0.05, 0) is 61.5 Å². The van der Waals surface area contributed by atoms with Gasteiger partial charge in [0.05, 0.1) is 11.8 Å². The van der Waals surface area contributed by atoms with Crippen molar-refractivity contribution in [2.75, 3.05) is 11.9 Å². The minimum atomic E-state index is -0.126. The molecule has 4 fully saturated rings. The zero-order valence-corrected chi connectivity index (χ0v) is 14.8. The van der Waals surface area contributed by atoms with Gasteiger partial charge in [0, 0.05) is 18.7 Å². The number of nitrogens with one attached hydrogen (secondary N) is 1. The molecule has 26 heavy (non-hydrogen) atoms. The molecular weight excluding hydrogens is 328 g/mol. The zero-order valence-electron chi connectivity index (χ0n) is 14.8. The second kappa shape index (κ2) is 5.93. The van der Waals surface area contributed by atoms with E-state index in [4.69, 9.17) is 0 Å². The number of rotatable bonds is 5. The lowest BCUT2D eigenvalue weighted by Gasteiger charge is -2.19. The molecule has 1 aromatic rings. The van der Waals surface area contributed by atoms with Crippen molar-refractivity contribution in [1.82, 2.24) is 4.90 Å². The summed E-state index contributed by atoms with van der Waals surface area (Å²) in [6.45, 7) is 0.210. The molecule has 1 saturated heterocycles. The standard InChI is InChI=1S/C21H24N2O3/c24-17(22-16-4-2-1-3-15(16)12-5-6-12)9-10-23-20(25)18-13-7-8-14(11-13)19(18)21(23)26/h1-4,12-14,18-19H,5-11H2,(H,22,24)/t13-,14-,18+,19+/m0/s1. The molecule has 2 bridgehead atoms. The van der Waals surface area contributed by atoms with Crippen molar-refractivity contribution in [1.29, 1.82) is 0 Å². The Bertz CT molecular complexity index is 757. The van der Waals surface area contributed by atoms with Gasteiger partial charge in [-0.3, -0.25) is 19.3 Å². The Morgan fingerprint density at radius 3 is 2.31 bits per heavy atom. The first kappa shape index (κ1) is 16.0. The van der Waals surface area contributed by atoms with Gasteiger partial charge in [-0.25, -0.2) is 0 Å². The molecule has 5 rings (SSSR count). The van der Waals surface area contributed by atoms with Crippen LogP contribution in [0, 0.1) is 23.7 Å². The van der Waals surface area contributed by atoms with Crippen LogP contribution in [0.4, 0.5) is 5.69 Å². The lowest BCUT2D eigenvalue weighted by Crippen LogP contribution is -2.35. The van der Waals surface area contributed by atoms with Gasteiger partial charge in [0.25, 0.3) is 0 Å². The van der Waals surface area contributed by atoms with Gasteiger partial charge in [0.1, 0.15) is 0 Å². The topological polar surface area (TPSA) is 66.5 Å². The van der Waals surface area contributed by atoms with Crippen molar-refractivity contribution in [2.45, 2.75) is 44.4 Å². The van der Waals surface area contributed by atoms with Gasteiger partial charge in [0.15, 0.2) is 0 Å². The molecule has 0 aromatic heterocycles. The third-order valence-electron chi connectivity index (χ3n) is 6.83. The van der Waals surface area contributed by atoms with Gasteiger partial charge in [-0.2, -0.15) is 0 Å². The summed E-state index contributed by atoms with van der Waals surface area (Å²) in [4.78, 5) is 39.1. The predicted molar refractivity (Wildman–Crippen MR) is 96.2 cm³/mol. The quantitative estimate of drug-likeness (QED) is 0.829. The first-order valence-corrected chi connectivity index (χ1v) is 9.87. The number of benzene rings is 1. The Morgan fingerprint density at radius 2 is 1.65 bits per heavy atom. The Hall–Kier alpha value is -2.17. The van der Waals surface area contributed by atoms with Crippen molar-refractivity contribution >= 4 is 23.4 Å². The fourth-order valence-corrected chi connectivity index (χ4v) is 5.48. The Balaban J connectivity index is 1.22. The highest BCUT2D eigenvalue weighted by Gasteiger charge is 2.60. The highest BCUT2D eigenvalue weighted by molar-refractivity contribution is 6.06. The average Bonchev–Trinajstić information content (AvgIpc) is 3.19. The van der Waals surface area contributed by atoms with Crippen LogP contribution in [-0.2, 0) is 14.4 Å². The molecule has 3 amide bonds. The van der Waals surface area contributed by atoms with Crippen LogP contribution in [0.15, 0.2) is 24.3 Å². The first-order chi connectivity index (χ1) is 12.6. The smallest absolute Gasteiger partial charge is 0.233 e. The van der Waals surface area contributed by atoms with Gasteiger partial charge in [-0.1, -0.05) is 18.2 Å². The summed E-state index contributed by atoms with van der Waals surface area (Å²) >= 11 is 0. The van der Waals surface area contributed by atoms with E-state index in [1.54, 1.807) is 0 Å². The molecule has 1 N–H and O–H groups in total.